The van der Waals surface area contributed by atoms with Crippen molar-refractivity contribution in [3.05, 3.63) is 35.1 Å². The van der Waals surface area contributed by atoms with Crippen LogP contribution in [0.5, 0.6) is 0 Å². The van der Waals surface area contributed by atoms with Crippen molar-refractivity contribution in [1.82, 2.24) is 5.32 Å². The van der Waals surface area contributed by atoms with Gasteiger partial charge in [0.25, 0.3) is 5.91 Å². The van der Waals surface area contributed by atoms with E-state index in [0.717, 1.165) is 5.56 Å². The molecule has 6 heteroatoms. The number of methoxy groups -OCH3 is 1. The molecule has 1 atom stereocenters. The molecule has 1 unspecified atom stereocenters. The van der Waals surface area contributed by atoms with Gasteiger partial charge in [-0.25, -0.2) is 4.39 Å². The molecular formula is C13H16FNO4. The fourth-order valence-corrected chi connectivity index (χ4v) is 1.54. The molecule has 1 rings (SSSR count). The number of aryl methyl sites for hydroxylation is 1. The summed E-state index contributed by atoms with van der Waals surface area (Å²) >= 11 is 0. The second-order valence-electron chi connectivity index (χ2n) is 4.15. The predicted octanol–water partition coefficient (Wildman–Crippen LogP) is 1.35. The number of carboxylic acid groups (broad SMARTS) is 1. The number of benzene rings is 1. The van der Waals surface area contributed by atoms with Crippen LogP contribution in [-0.4, -0.2) is 36.7 Å². The number of aliphatic carboxylic acids is 1. The maximum atomic E-state index is 13.5. The highest BCUT2D eigenvalue weighted by molar-refractivity contribution is 5.94. The van der Waals surface area contributed by atoms with Gasteiger partial charge in [0.2, 0.25) is 0 Å². The number of carbonyl (C=O) groups excluding carboxylic acids is 1. The van der Waals surface area contributed by atoms with Gasteiger partial charge in [-0.2, -0.15) is 0 Å². The molecule has 0 aliphatic heterocycles. The van der Waals surface area contributed by atoms with Crippen LogP contribution >= 0.6 is 0 Å². The largest absolute Gasteiger partial charge is 0.481 e. The van der Waals surface area contributed by atoms with Gasteiger partial charge < -0.3 is 15.2 Å². The highest BCUT2D eigenvalue weighted by Crippen LogP contribution is 2.09. The van der Waals surface area contributed by atoms with Crippen LogP contribution in [0.15, 0.2) is 18.2 Å². The number of ether oxygens (including phenoxy) is 1. The molecule has 2 N–H and O–H groups in total. The molecule has 0 aliphatic rings. The van der Waals surface area contributed by atoms with Gasteiger partial charge >= 0.3 is 5.97 Å². The van der Waals surface area contributed by atoms with Gasteiger partial charge in [-0.15, -0.1) is 0 Å². The topological polar surface area (TPSA) is 75.6 Å². The number of carbonyl (C=O) groups is 2. The maximum Gasteiger partial charge on any atom is 0.306 e. The van der Waals surface area contributed by atoms with Crippen molar-refractivity contribution in [1.29, 1.82) is 0 Å². The van der Waals surface area contributed by atoms with Crippen LogP contribution in [0.2, 0.25) is 0 Å². The summed E-state index contributed by atoms with van der Waals surface area (Å²) in [6.07, 6.45) is -0.873. The number of carboxylic acids is 1. The lowest BCUT2D eigenvalue weighted by atomic mass is 10.1. The second kappa shape index (κ2) is 6.84. The Balaban J connectivity index is 2.61. The van der Waals surface area contributed by atoms with Crippen LogP contribution < -0.4 is 5.32 Å². The second-order valence-corrected chi connectivity index (χ2v) is 4.15. The molecule has 1 aromatic rings. The fourth-order valence-electron chi connectivity index (χ4n) is 1.54. The van der Waals surface area contributed by atoms with Crippen LogP contribution in [0.25, 0.3) is 0 Å². The van der Waals surface area contributed by atoms with Crippen LogP contribution in [-0.2, 0) is 9.53 Å². The lowest BCUT2D eigenvalue weighted by Crippen LogP contribution is -2.34. The minimum atomic E-state index is -1.03. The monoisotopic (exact) mass is 269 g/mol. The van der Waals surface area contributed by atoms with Crippen LogP contribution in [0.1, 0.15) is 22.3 Å². The molecule has 1 amide bonds. The van der Waals surface area contributed by atoms with Crippen molar-refractivity contribution >= 4 is 11.9 Å². The van der Waals surface area contributed by atoms with E-state index in [-0.39, 0.29) is 18.5 Å². The zero-order valence-corrected chi connectivity index (χ0v) is 10.8. The average molecular weight is 269 g/mol. The van der Waals surface area contributed by atoms with E-state index >= 15 is 0 Å². The lowest BCUT2D eigenvalue weighted by Gasteiger charge is -2.14. The molecule has 1 aromatic carbocycles. The third kappa shape index (κ3) is 4.67. The fraction of sp³-hybridized carbons (Fsp3) is 0.385. The van der Waals surface area contributed by atoms with E-state index < -0.39 is 23.8 Å². The number of nitrogens with one attached hydrogen (secondary N) is 1. The van der Waals surface area contributed by atoms with E-state index in [0.29, 0.717) is 0 Å². The Morgan fingerprint density at radius 1 is 1.47 bits per heavy atom. The van der Waals surface area contributed by atoms with Crippen molar-refractivity contribution in [3.8, 4) is 0 Å². The number of amides is 1. The molecule has 0 saturated heterocycles. The summed E-state index contributed by atoms with van der Waals surface area (Å²) in [5.41, 5.74) is 0.644. The molecule has 19 heavy (non-hydrogen) atoms. The van der Waals surface area contributed by atoms with E-state index in [1.807, 2.05) is 0 Å². The number of hydrogen-bond acceptors (Lipinski definition) is 3. The van der Waals surface area contributed by atoms with Crippen molar-refractivity contribution < 1.29 is 23.8 Å². The summed E-state index contributed by atoms with van der Waals surface area (Å²) < 4.78 is 18.4. The lowest BCUT2D eigenvalue weighted by molar-refractivity contribution is -0.139. The zero-order chi connectivity index (χ0) is 14.4. The van der Waals surface area contributed by atoms with Gasteiger partial charge in [0.15, 0.2) is 0 Å². The van der Waals surface area contributed by atoms with Crippen LogP contribution in [0.3, 0.4) is 0 Å². The average Bonchev–Trinajstić information content (AvgIpc) is 2.33. The summed E-state index contributed by atoms with van der Waals surface area (Å²) in [4.78, 5) is 22.3. The number of rotatable bonds is 6. The van der Waals surface area contributed by atoms with Gasteiger partial charge in [-0.3, -0.25) is 9.59 Å². The SMILES string of the molecule is COC(CNC(=O)c1ccc(C)cc1F)CC(=O)O. The molecule has 0 saturated carbocycles. The highest BCUT2D eigenvalue weighted by atomic mass is 19.1. The van der Waals surface area contributed by atoms with Crippen molar-refractivity contribution in [2.24, 2.45) is 0 Å². The maximum absolute atomic E-state index is 13.5. The minimum absolute atomic E-state index is 0.00888. The molecule has 0 heterocycles. The molecule has 104 valence electrons. The normalized spacial score (nSPS) is 11.9. The Hall–Kier alpha value is -1.95. The minimum Gasteiger partial charge on any atom is -0.481 e. The van der Waals surface area contributed by atoms with Crippen molar-refractivity contribution in [2.75, 3.05) is 13.7 Å². The summed E-state index contributed by atoms with van der Waals surface area (Å²) in [6.45, 7) is 1.73. The molecular weight excluding hydrogens is 253 g/mol. The van der Waals surface area contributed by atoms with Gasteiger partial charge in [-0.1, -0.05) is 6.07 Å². The Morgan fingerprint density at radius 3 is 2.68 bits per heavy atom. The number of halogens is 1. The molecule has 0 aliphatic carbocycles. The number of hydrogen-bond donors (Lipinski definition) is 2. The summed E-state index contributed by atoms with van der Waals surface area (Å²) in [5, 5.41) is 11.1. The van der Waals surface area contributed by atoms with E-state index in [1.165, 1.54) is 19.2 Å². The first-order valence-corrected chi connectivity index (χ1v) is 5.73. The first kappa shape index (κ1) is 15.1. The molecule has 0 fully saturated rings. The summed E-state index contributed by atoms with van der Waals surface area (Å²) in [6, 6.07) is 4.28. The third-order valence-corrected chi connectivity index (χ3v) is 2.60. The van der Waals surface area contributed by atoms with Crippen molar-refractivity contribution in [3.63, 3.8) is 0 Å². The molecule has 5 nitrogen and oxygen atoms in total. The summed E-state index contributed by atoms with van der Waals surface area (Å²) in [7, 11) is 1.35. The first-order valence-electron chi connectivity index (χ1n) is 5.73. The standard InChI is InChI=1S/C13H16FNO4/c1-8-3-4-10(11(14)5-8)13(18)15-7-9(19-2)6-12(16)17/h3-5,9H,6-7H2,1-2H3,(H,15,18)(H,16,17). The van der Waals surface area contributed by atoms with Crippen LogP contribution in [0, 0.1) is 12.7 Å². The van der Waals surface area contributed by atoms with E-state index in [1.54, 1.807) is 13.0 Å². The van der Waals surface area contributed by atoms with Crippen molar-refractivity contribution in [2.45, 2.75) is 19.4 Å². The van der Waals surface area contributed by atoms with Gasteiger partial charge in [-0.05, 0) is 24.6 Å². The van der Waals surface area contributed by atoms with Gasteiger partial charge in [0.1, 0.15) is 5.82 Å². The Bertz CT molecular complexity index is 476. The Morgan fingerprint density at radius 2 is 2.16 bits per heavy atom. The third-order valence-electron chi connectivity index (χ3n) is 2.60. The summed E-state index contributed by atoms with van der Waals surface area (Å²) in [5.74, 6) is -2.22. The Labute approximate surface area is 110 Å². The smallest absolute Gasteiger partial charge is 0.306 e. The van der Waals surface area contributed by atoms with Gasteiger partial charge in [0.05, 0.1) is 18.1 Å². The molecule has 0 spiro atoms. The van der Waals surface area contributed by atoms with Gasteiger partial charge in [0, 0.05) is 13.7 Å². The van der Waals surface area contributed by atoms with E-state index in [2.05, 4.69) is 5.32 Å². The quantitative estimate of drug-likeness (QED) is 0.817. The predicted molar refractivity (Wildman–Crippen MR) is 66.5 cm³/mol. The van der Waals surface area contributed by atoms with Crippen LogP contribution in [0.4, 0.5) is 4.39 Å². The first-order chi connectivity index (χ1) is 8.93. The van der Waals surface area contributed by atoms with E-state index in [9.17, 15) is 14.0 Å². The molecule has 0 bridgehead atoms. The highest BCUT2D eigenvalue weighted by Gasteiger charge is 2.16. The Kier molecular flexibility index (Phi) is 5.44. The molecule has 0 aromatic heterocycles. The molecule has 0 radical (unpaired) electrons. The van der Waals surface area contributed by atoms with E-state index in [4.69, 9.17) is 9.84 Å². The zero-order valence-electron chi connectivity index (χ0n) is 10.8.